The monoisotopic (exact) mass is 557 g/mol. The van der Waals surface area contributed by atoms with Gasteiger partial charge in [0.05, 0.1) is 18.5 Å². The van der Waals surface area contributed by atoms with Gasteiger partial charge in [0.15, 0.2) is 5.76 Å². The predicted octanol–water partition coefficient (Wildman–Crippen LogP) is 2.34. The molecule has 2 aromatic rings. The molecule has 2 rings (SSSR count). The first-order valence-electron chi connectivity index (χ1n) is 12.6. The van der Waals surface area contributed by atoms with Gasteiger partial charge in [-0.25, -0.2) is 4.39 Å². The van der Waals surface area contributed by atoms with Crippen LogP contribution in [0.1, 0.15) is 37.6 Å². The SMILES string of the molecule is CCOCCNC(C)(C)CNC(=O)/C(O)=C/N(C=O)c1cc(Cc2ccc(F)cc2)cnc1/C(O)=C/C(=O)NC. The van der Waals surface area contributed by atoms with Gasteiger partial charge < -0.3 is 30.9 Å². The van der Waals surface area contributed by atoms with E-state index in [1.165, 1.54) is 31.4 Å². The highest BCUT2D eigenvalue weighted by atomic mass is 19.1. The van der Waals surface area contributed by atoms with E-state index in [1.807, 2.05) is 20.8 Å². The van der Waals surface area contributed by atoms with E-state index < -0.39 is 34.7 Å². The van der Waals surface area contributed by atoms with Crippen LogP contribution in [-0.4, -0.2) is 72.3 Å². The average molecular weight is 558 g/mol. The largest absolute Gasteiger partial charge is 0.505 e. The lowest BCUT2D eigenvalue weighted by Gasteiger charge is -2.26. The highest BCUT2D eigenvalue weighted by Gasteiger charge is 2.21. The van der Waals surface area contributed by atoms with E-state index in [9.17, 15) is 29.0 Å². The summed E-state index contributed by atoms with van der Waals surface area (Å²) in [6.07, 6.45) is 3.81. The third kappa shape index (κ3) is 10.1. The Labute approximate surface area is 232 Å². The molecule has 0 atom stereocenters. The van der Waals surface area contributed by atoms with E-state index in [0.717, 1.165) is 22.7 Å². The number of hydrogen-bond donors (Lipinski definition) is 5. The van der Waals surface area contributed by atoms with Gasteiger partial charge in [0, 0.05) is 44.6 Å². The molecule has 40 heavy (non-hydrogen) atoms. The number of anilines is 1. The Kier molecular flexibility index (Phi) is 12.2. The van der Waals surface area contributed by atoms with Crippen molar-refractivity contribution < 1.29 is 33.7 Å². The Hall–Kier alpha value is -4.29. The summed E-state index contributed by atoms with van der Waals surface area (Å²) >= 11 is 0. The normalized spacial score (nSPS) is 12.1. The fraction of sp³-hybridized carbons (Fsp3) is 0.357. The second-order valence-electron chi connectivity index (χ2n) is 9.38. The summed E-state index contributed by atoms with van der Waals surface area (Å²) in [6.45, 7) is 7.44. The van der Waals surface area contributed by atoms with Crippen LogP contribution in [-0.2, 0) is 25.5 Å². The first-order chi connectivity index (χ1) is 19.0. The van der Waals surface area contributed by atoms with Crippen LogP contribution in [0.25, 0.3) is 5.76 Å². The van der Waals surface area contributed by atoms with Gasteiger partial charge in [-0.3, -0.25) is 24.3 Å². The number of benzene rings is 1. The van der Waals surface area contributed by atoms with Crippen molar-refractivity contribution in [1.29, 1.82) is 0 Å². The summed E-state index contributed by atoms with van der Waals surface area (Å²) in [5.74, 6) is -3.17. The number of aliphatic hydroxyl groups excluding tert-OH is 2. The number of ether oxygens (including phenoxy) is 1. The van der Waals surface area contributed by atoms with Gasteiger partial charge in [-0.15, -0.1) is 0 Å². The van der Waals surface area contributed by atoms with Gasteiger partial charge in [0.25, 0.3) is 5.91 Å². The van der Waals surface area contributed by atoms with E-state index in [4.69, 9.17) is 4.74 Å². The van der Waals surface area contributed by atoms with Crippen LogP contribution in [0.5, 0.6) is 0 Å². The van der Waals surface area contributed by atoms with E-state index in [-0.39, 0.29) is 17.9 Å². The summed E-state index contributed by atoms with van der Waals surface area (Å²) < 4.78 is 18.6. The Morgan fingerprint density at radius 1 is 1.18 bits per heavy atom. The predicted molar refractivity (Wildman–Crippen MR) is 149 cm³/mol. The second kappa shape index (κ2) is 15.3. The Bertz CT molecular complexity index is 1230. The van der Waals surface area contributed by atoms with Crippen LogP contribution in [0.4, 0.5) is 10.1 Å². The molecule has 0 bridgehead atoms. The molecule has 5 N–H and O–H groups in total. The minimum absolute atomic E-state index is 0.00969. The number of carbonyl (C=O) groups excluding carboxylic acids is 3. The lowest BCUT2D eigenvalue weighted by Crippen LogP contribution is -2.50. The molecular weight excluding hydrogens is 521 g/mol. The molecule has 0 saturated carbocycles. The van der Waals surface area contributed by atoms with Crippen LogP contribution in [0, 0.1) is 5.82 Å². The number of aromatic nitrogens is 1. The van der Waals surface area contributed by atoms with Crippen molar-refractivity contribution in [1.82, 2.24) is 20.9 Å². The van der Waals surface area contributed by atoms with E-state index in [2.05, 4.69) is 20.9 Å². The zero-order valence-electron chi connectivity index (χ0n) is 23.0. The fourth-order valence-electron chi connectivity index (χ4n) is 3.50. The number of rotatable bonds is 15. The number of nitrogens with one attached hydrogen (secondary N) is 3. The van der Waals surface area contributed by atoms with Crippen LogP contribution in [0.2, 0.25) is 0 Å². The highest BCUT2D eigenvalue weighted by Crippen LogP contribution is 2.26. The molecule has 1 aromatic carbocycles. The lowest BCUT2D eigenvalue weighted by atomic mass is 10.0. The quantitative estimate of drug-likeness (QED) is 0.0968. The minimum Gasteiger partial charge on any atom is -0.505 e. The molecule has 0 unspecified atom stereocenters. The molecule has 12 heteroatoms. The highest BCUT2D eigenvalue weighted by molar-refractivity contribution is 5.96. The maximum atomic E-state index is 13.3. The number of hydrogen-bond acceptors (Lipinski definition) is 8. The summed E-state index contributed by atoms with van der Waals surface area (Å²) in [6, 6.07) is 7.30. The van der Waals surface area contributed by atoms with Crippen molar-refractivity contribution in [2.24, 2.45) is 0 Å². The van der Waals surface area contributed by atoms with Crippen LogP contribution in [0.3, 0.4) is 0 Å². The summed E-state index contributed by atoms with van der Waals surface area (Å²) in [4.78, 5) is 41.6. The number of pyridine rings is 1. The minimum atomic E-state index is -0.839. The molecule has 0 aliphatic heterocycles. The molecule has 1 aromatic heterocycles. The fourth-order valence-corrected chi connectivity index (χ4v) is 3.50. The van der Waals surface area contributed by atoms with Crippen LogP contribution < -0.4 is 20.9 Å². The van der Waals surface area contributed by atoms with Crippen LogP contribution >= 0.6 is 0 Å². The number of aliphatic hydroxyl groups is 2. The molecule has 1 heterocycles. The summed E-state index contributed by atoms with van der Waals surface area (Å²) in [5.41, 5.74) is 0.647. The number of halogens is 1. The Morgan fingerprint density at radius 2 is 1.88 bits per heavy atom. The van der Waals surface area contributed by atoms with Gasteiger partial charge in [-0.1, -0.05) is 12.1 Å². The molecule has 0 aliphatic rings. The van der Waals surface area contributed by atoms with Gasteiger partial charge in [0.1, 0.15) is 17.3 Å². The number of nitrogens with zero attached hydrogens (tertiary/aromatic N) is 2. The Balaban J connectivity index is 2.33. The lowest BCUT2D eigenvalue weighted by molar-refractivity contribution is -0.120. The van der Waals surface area contributed by atoms with E-state index in [1.54, 1.807) is 12.1 Å². The van der Waals surface area contributed by atoms with Crippen molar-refractivity contribution in [2.75, 3.05) is 38.3 Å². The number of carbonyl (C=O) groups is 3. The molecule has 3 amide bonds. The molecule has 0 radical (unpaired) electrons. The maximum absolute atomic E-state index is 13.3. The van der Waals surface area contributed by atoms with Crippen molar-refractivity contribution in [3.05, 3.63) is 77.2 Å². The smallest absolute Gasteiger partial charge is 0.287 e. The van der Waals surface area contributed by atoms with E-state index >= 15 is 0 Å². The zero-order chi connectivity index (χ0) is 29.7. The first kappa shape index (κ1) is 31.9. The molecule has 0 fully saturated rings. The number of likely N-dealkylation sites (N-methyl/N-ethyl adjacent to an activating group) is 1. The van der Waals surface area contributed by atoms with Gasteiger partial charge in [-0.2, -0.15) is 0 Å². The number of amides is 3. The van der Waals surface area contributed by atoms with Gasteiger partial charge >= 0.3 is 0 Å². The molecule has 11 nitrogen and oxygen atoms in total. The summed E-state index contributed by atoms with van der Waals surface area (Å²) in [5, 5.41) is 29.2. The third-order valence-electron chi connectivity index (χ3n) is 5.63. The van der Waals surface area contributed by atoms with Gasteiger partial charge in [-0.05, 0) is 56.5 Å². The van der Waals surface area contributed by atoms with Crippen LogP contribution in [0.15, 0.2) is 54.6 Å². The maximum Gasteiger partial charge on any atom is 0.287 e. The molecule has 0 saturated heterocycles. The molecule has 216 valence electrons. The van der Waals surface area contributed by atoms with Crippen molar-refractivity contribution in [3.63, 3.8) is 0 Å². The topological polar surface area (TPSA) is 153 Å². The van der Waals surface area contributed by atoms with Crippen molar-refractivity contribution in [2.45, 2.75) is 32.7 Å². The Morgan fingerprint density at radius 3 is 2.50 bits per heavy atom. The standard InChI is InChI=1S/C28H36FN5O6/c1-5-40-11-10-33-28(2,3)17-32-27(39)24(37)16-34(18-35)22-13-20(12-19-6-8-21(29)9-7-19)15-31-26(22)23(36)14-25(38)30-4/h6-9,13-16,18,33,36-37H,5,10-12,17H2,1-4H3,(H,30,38)(H,32,39)/b23-14-,24-16-. The van der Waals surface area contributed by atoms with Crippen molar-refractivity contribution in [3.8, 4) is 0 Å². The summed E-state index contributed by atoms with van der Waals surface area (Å²) in [7, 11) is 1.37. The average Bonchev–Trinajstić information content (AvgIpc) is 2.93. The molecule has 0 aliphatic carbocycles. The van der Waals surface area contributed by atoms with Gasteiger partial charge in [0.2, 0.25) is 12.3 Å². The van der Waals surface area contributed by atoms with Crippen molar-refractivity contribution >= 4 is 29.7 Å². The third-order valence-corrected chi connectivity index (χ3v) is 5.63. The molecular formula is C28H36FN5O6. The first-order valence-corrected chi connectivity index (χ1v) is 12.6. The second-order valence-corrected chi connectivity index (χ2v) is 9.38. The zero-order valence-corrected chi connectivity index (χ0v) is 23.0. The molecule has 0 spiro atoms. The van der Waals surface area contributed by atoms with E-state index in [0.29, 0.717) is 38.2 Å².